The Bertz CT molecular complexity index is 338. The van der Waals surface area contributed by atoms with Gasteiger partial charge in [0.25, 0.3) is 0 Å². The van der Waals surface area contributed by atoms with Crippen molar-refractivity contribution < 1.29 is 0 Å². The Labute approximate surface area is 113 Å². The van der Waals surface area contributed by atoms with Crippen molar-refractivity contribution in [1.82, 2.24) is 0 Å². The molecular formula is C15H22BrN. The molecule has 1 unspecified atom stereocenters. The molecule has 1 aliphatic carbocycles. The Morgan fingerprint density at radius 3 is 2.29 bits per heavy atom. The van der Waals surface area contributed by atoms with E-state index in [2.05, 4.69) is 47.1 Å². The molecule has 1 aromatic rings. The molecule has 0 radical (unpaired) electrons. The first-order chi connectivity index (χ1) is 8.20. The minimum absolute atomic E-state index is 0.551. The van der Waals surface area contributed by atoms with Crippen molar-refractivity contribution in [2.75, 3.05) is 6.54 Å². The maximum atomic E-state index is 6.00. The van der Waals surface area contributed by atoms with Crippen LogP contribution in [0.2, 0.25) is 0 Å². The SMILES string of the molecule is CC1CCC(C(CN)c2ccc(Br)cc2)CC1. The lowest BCUT2D eigenvalue weighted by Crippen LogP contribution is -2.25. The maximum Gasteiger partial charge on any atom is 0.0175 e. The zero-order valence-corrected chi connectivity index (χ0v) is 12.1. The van der Waals surface area contributed by atoms with E-state index in [1.165, 1.54) is 31.2 Å². The molecule has 1 nitrogen and oxygen atoms in total. The summed E-state index contributed by atoms with van der Waals surface area (Å²) in [6.45, 7) is 3.15. The predicted molar refractivity (Wildman–Crippen MR) is 77.1 cm³/mol. The molecule has 2 heteroatoms. The van der Waals surface area contributed by atoms with Crippen LogP contribution in [0.5, 0.6) is 0 Å². The van der Waals surface area contributed by atoms with Crippen LogP contribution in [0.4, 0.5) is 0 Å². The molecule has 1 aromatic carbocycles. The van der Waals surface area contributed by atoms with E-state index in [1.807, 2.05) is 0 Å². The fourth-order valence-electron chi connectivity index (χ4n) is 3.00. The normalized spacial score (nSPS) is 26.8. The molecular weight excluding hydrogens is 274 g/mol. The monoisotopic (exact) mass is 295 g/mol. The standard InChI is InChI=1S/C15H22BrN/c1-11-2-4-12(5-3-11)15(10-17)13-6-8-14(16)9-7-13/h6-9,11-12,15H,2-5,10,17H2,1H3. The van der Waals surface area contributed by atoms with Gasteiger partial charge in [0.2, 0.25) is 0 Å². The van der Waals surface area contributed by atoms with E-state index >= 15 is 0 Å². The Balaban J connectivity index is 2.08. The van der Waals surface area contributed by atoms with Crippen molar-refractivity contribution in [2.45, 2.75) is 38.5 Å². The Hall–Kier alpha value is -0.340. The molecule has 0 aromatic heterocycles. The number of rotatable bonds is 3. The van der Waals surface area contributed by atoms with E-state index in [0.29, 0.717) is 5.92 Å². The fourth-order valence-corrected chi connectivity index (χ4v) is 3.26. The second-order valence-corrected chi connectivity index (χ2v) is 6.33. The largest absolute Gasteiger partial charge is 0.330 e. The average Bonchev–Trinajstić information content (AvgIpc) is 2.35. The van der Waals surface area contributed by atoms with Crippen molar-refractivity contribution in [1.29, 1.82) is 0 Å². The molecule has 1 fully saturated rings. The molecule has 0 saturated heterocycles. The van der Waals surface area contributed by atoms with Crippen LogP contribution in [0.3, 0.4) is 0 Å². The molecule has 94 valence electrons. The molecule has 0 amide bonds. The summed E-state index contributed by atoms with van der Waals surface area (Å²) in [5.74, 6) is 2.25. The molecule has 0 heterocycles. The lowest BCUT2D eigenvalue weighted by atomic mass is 9.74. The third-order valence-electron chi connectivity index (χ3n) is 4.18. The van der Waals surface area contributed by atoms with Crippen LogP contribution < -0.4 is 5.73 Å². The van der Waals surface area contributed by atoms with Gasteiger partial charge >= 0.3 is 0 Å². The summed E-state index contributed by atoms with van der Waals surface area (Å²) in [4.78, 5) is 0. The zero-order chi connectivity index (χ0) is 12.3. The van der Waals surface area contributed by atoms with Crippen LogP contribution >= 0.6 is 15.9 Å². The topological polar surface area (TPSA) is 26.0 Å². The van der Waals surface area contributed by atoms with Gasteiger partial charge in [0.1, 0.15) is 0 Å². The molecule has 1 atom stereocenters. The lowest BCUT2D eigenvalue weighted by molar-refractivity contribution is 0.256. The molecule has 0 aliphatic heterocycles. The number of hydrogen-bond donors (Lipinski definition) is 1. The van der Waals surface area contributed by atoms with Gasteiger partial charge in [-0.3, -0.25) is 0 Å². The highest BCUT2D eigenvalue weighted by Crippen LogP contribution is 2.37. The van der Waals surface area contributed by atoms with Crippen molar-refractivity contribution in [3.05, 3.63) is 34.3 Å². The van der Waals surface area contributed by atoms with Crippen molar-refractivity contribution in [3.63, 3.8) is 0 Å². The van der Waals surface area contributed by atoms with Crippen molar-refractivity contribution in [2.24, 2.45) is 17.6 Å². The number of nitrogens with two attached hydrogens (primary N) is 1. The van der Waals surface area contributed by atoms with Gasteiger partial charge < -0.3 is 5.73 Å². The minimum atomic E-state index is 0.551. The van der Waals surface area contributed by atoms with Gasteiger partial charge in [-0.15, -0.1) is 0 Å². The van der Waals surface area contributed by atoms with E-state index in [4.69, 9.17) is 5.73 Å². The van der Waals surface area contributed by atoms with Crippen LogP contribution in [0.1, 0.15) is 44.1 Å². The number of halogens is 1. The molecule has 1 saturated carbocycles. The highest BCUT2D eigenvalue weighted by Gasteiger charge is 2.26. The van der Waals surface area contributed by atoms with Crippen LogP contribution in [-0.4, -0.2) is 6.54 Å². The second kappa shape index (κ2) is 6.01. The zero-order valence-electron chi connectivity index (χ0n) is 10.5. The molecule has 17 heavy (non-hydrogen) atoms. The smallest absolute Gasteiger partial charge is 0.0175 e. The summed E-state index contributed by atoms with van der Waals surface area (Å²) in [5, 5.41) is 0. The number of hydrogen-bond acceptors (Lipinski definition) is 1. The summed E-state index contributed by atoms with van der Waals surface area (Å²) in [7, 11) is 0. The summed E-state index contributed by atoms with van der Waals surface area (Å²) >= 11 is 3.49. The van der Waals surface area contributed by atoms with Gasteiger partial charge in [0, 0.05) is 4.47 Å². The van der Waals surface area contributed by atoms with Crippen LogP contribution in [0, 0.1) is 11.8 Å². The predicted octanol–water partition coefficient (Wildman–Crippen LogP) is 4.32. The van der Waals surface area contributed by atoms with E-state index in [0.717, 1.165) is 22.9 Å². The van der Waals surface area contributed by atoms with E-state index in [-0.39, 0.29) is 0 Å². The first kappa shape index (κ1) is 13.1. The third-order valence-corrected chi connectivity index (χ3v) is 4.71. The van der Waals surface area contributed by atoms with Gasteiger partial charge in [-0.2, -0.15) is 0 Å². The summed E-state index contributed by atoms with van der Waals surface area (Å²) < 4.78 is 1.15. The quantitative estimate of drug-likeness (QED) is 0.883. The third kappa shape index (κ3) is 3.32. The Kier molecular flexibility index (Phi) is 4.63. The van der Waals surface area contributed by atoms with E-state index in [9.17, 15) is 0 Å². The molecule has 2 N–H and O–H groups in total. The summed E-state index contributed by atoms with van der Waals surface area (Å²) in [6.07, 6.45) is 5.44. The maximum absolute atomic E-state index is 6.00. The van der Waals surface area contributed by atoms with Crippen molar-refractivity contribution >= 4 is 15.9 Å². The van der Waals surface area contributed by atoms with Crippen LogP contribution in [0.15, 0.2) is 28.7 Å². The second-order valence-electron chi connectivity index (χ2n) is 5.41. The molecule has 2 rings (SSSR count). The molecule has 0 spiro atoms. The van der Waals surface area contributed by atoms with Gasteiger partial charge in [-0.25, -0.2) is 0 Å². The molecule has 1 aliphatic rings. The fraction of sp³-hybridized carbons (Fsp3) is 0.600. The van der Waals surface area contributed by atoms with Gasteiger partial charge in [-0.1, -0.05) is 47.8 Å². The Morgan fingerprint density at radius 2 is 1.76 bits per heavy atom. The first-order valence-electron chi connectivity index (χ1n) is 6.66. The summed E-state index contributed by atoms with van der Waals surface area (Å²) in [5.41, 5.74) is 7.41. The van der Waals surface area contributed by atoms with Crippen LogP contribution in [0.25, 0.3) is 0 Å². The van der Waals surface area contributed by atoms with Gasteiger partial charge in [-0.05, 0) is 54.8 Å². The number of benzene rings is 1. The minimum Gasteiger partial charge on any atom is -0.330 e. The van der Waals surface area contributed by atoms with Gasteiger partial charge in [0.15, 0.2) is 0 Å². The van der Waals surface area contributed by atoms with Crippen molar-refractivity contribution in [3.8, 4) is 0 Å². The summed E-state index contributed by atoms with van der Waals surface area (Å²) in [6, 6.07) is 8.70. The molecule has 0 bridgehead atoms. The highest BCUT2D eigenvalue weighted by atomic mass is 79.9. The van der Waals surface area contributed by atoms with Crippen LogP contribution in [-0.2, 0) is 0 Å². The lowest BCUT2D eigenvalue weighted by Gasteiger charge is -2.32. The van der Waals surface area contributed by atoms with Gasteiger partial charge in [0.05, 0.1) is 0 Å². The van der Waals surface area contributed by atoms with E-state index < -0.39 is 0 Å². The van der Waals surface area contributed by atoms with E-state index in [1.54, 1.807) is 0 Å². The Morgan fingerprint density at radius 1 is 1.18 bits per heavy atom. The highest BCUT2D eigenvalue weighted by molar-refractivity contribution is 9.10. The average molecular weight is 296 g/mol. The first-order valence-corrected chi connectivity index (χ1v) is 7.45.